The molecule has 0 unspecified atom stereocenters. The average molecular weight is 182 g/mol. The van der Waals surface area contributed by atoms with Gasteiger partial charge in [0.05, 0.1) is 12.0 Å². The SMILES string of the molecule is C/C=C/O/C(=C/C)CCCCCC. The zero-order chi connectivity index (χ0) is 9.94. The van der Waals surface area contributed by atoms with E-state index in [1.54, 1.807) is 6.26 Å². The summed E-state index contributed by atoms with van der Waals surface area (Å²) < 4.78 is 5.40. The highest BCUT2D eigenvalue weighted by molar-refractivity contribution is 4.92. The quantitative estimate of drug-likeness (QED) is 0.418. The van der Waals surface area contributed by atoms with Crippen LogP contribution in [-0.4, -0.2) is 0 Å². The van der Waals surface area contributed by atoms with Crippen molar-refractivity contribution in [3.8, 4) is 0 Å². The van der Waals surface area contributed by atoms with Crippen molar-refractivity contribution in [2.75, 3.05) is 0 Å². The summed E-state index contributed by atoms with van der Waals surface area (Å²) in [5.41, 5.74) is 0. The van der Waals surface area contributed by atoms with Crippen LogP contribution in [0.25, 0.3) is 0 Å². The second-order valence-electron chi connectivity index (χ2n) is 3.15. The van der Waals surface area contributed by atoms with Gasteiger partial charge in [-0.2, -0.15) is 0 Å². The molecule has 0 fully saturated rings. The van der Waals surface area contributed by atoms with Crippen LogP contribution in [0.2, 0.25) is 0 Å². The van der Waals surface area contributed by atoms with Gasteiger partial charge in [-0.15, -0.1) is 0 Å². The van der Waals surface area contributed by atoms with Crippen molar-refractivity contribution in [2.45, 2.75) is 52.9 Å². The maximum absolute atomic E-state index is 5.40. The van der Waals surface area contributed by atoms with Crippen LogP contribution in [0.15, 0.2) is 24.2 Å². The van der Waals surface area contributed by atoms with E-state index in [1.165, 1.54) is 25.7 Å². The molecule has 0 N–H and O–H groups in total. The molecule has 0 bridgehead atoms. The van der Waals surface area contributed by atoms with Gasteiger partial charge in [0.2, 0.25) is 0 Å². The lowest BCUT2D eigenvalue weighted by molar-refractivity contribution is 0.327. The predicted molar refractivity (Wildman–Crippen MR) is 58.4 cm³/mol. The molecule has 0 radical (unpaired) electrons. The summed E-state index contributed by atoms with van der Waals surface area (Å²) in [5, 5.41) is 0. The fraction of sp³-hybridized carbons (Fsp3) is 0.667. The standard InChI is InChI=1S/C12H22O/c1-4-7-8-9-10-12(6-3)13-11-5-2/h5-6,11H,4,7-10H2,1-3H3/b11-5+,12-6+. The fourth-order valence-corrected chi connectivity index (χ4v) is 1.15. The highest BCUT2D eigenvalue weighted by Crippen LogP contribution is 2.11. The van der Waals surface area contributed by atoms with Crippen molar-refractivity contribution in [3.63, 3.8) is 0 Å². The summed E-state index contributed by atoms with van der Waals surface area (Å²) in [4.78, 5) is 0. The van der Waals surface area contributed by atoms with Crippen molar-refractivity contribution in [1.82, 2.24) is 0 Å². The molecule has 0 aliphatic rings. The van der Waals surface area contributed by atoms with Crippen LogP contribution < -0.4 is 0 Å². The van der Waals surface area contributed by atoms with E-state index in [2.05, 4.69) is 6.92 Å². The summed E-state index contributed by atoms with van der Waals surface area (Å²) in [5.74, 6) is 1.09. The van der Waals surface area contributed by atoms with Crippen molar-refractivity contribution in [1.29, 1.82) is 0 Å². The average Bonchev–Trinajstić information content (AvgIpc) is 2.17. The van der Waals surface area contributed by atoms with Crippen molar-refractivity contribution < 1.29 is 4.74 Å². The molecule has 0 saturated carbocycles. The van der Waals surface area contributed by atoms with Gasteiger partial charge in [0, 0.05) is 6.42 Å². The van der Waals surface area contributed by atoms with E-state index in [4.69, 9.17) is 4.74 Å². The van der Waals surface area contributed by atoms with Crippen LogP contribution in [0.3, 0.4) is 0 Å². The van der Waals surface area contributed by atoms with E-state index in [-0.39, 0.29) is 0 Å². The number of hydrogen-bond acceptors (Lipinski definition) is 1. The summed E-state index contributed by atoms with van der Waals surface area (Å²) in [6.07, 6.45) is 12.0. The number of ether oxygens (including phenoxy) is 1. The minimum atomic E-state index is 1.07. The van der Waals surface area contributed by atoms with E-state index in [1.807, 2.05) is 26.0 Å². The Morgan fingerprint density at radius 3 is 2.46 bits per heavy atom. The third-order valence-electron chi connectivity index (χ3n) is 1.95. The summed E-state index contributed by atoms with van der Waals surface area (Å²) in [7, 11) is 0. The van der Waals surface area contributed by atoms with Crippen LogP contribution in [0.4, 0.5) is 0 Å². The Kier molecular flexibility index (Phi) is 8.85. The zero-order valence-electron chi connectivity index (χ0n) is 9.18. The number of hydrogen-bond donors (Lipinski definition) is 0. The molecule has 0 aliphatic heterocycles. The van der Waals surface area contributed by atoms with Gasteiger partial charge < -0.3 is 4.74 Å². The zero-order valence-corrected chi connectivity index (χ0v) is 9.18. The van der Waals surface area contributed by atoms with Crippen molar-refractivity contribution >= 4 is 0 Å². The molecule has 0 rings (SSSR count). The molecular weight excluding hydrogens is 160 g/mol. The Morgan fingerprint density at radius 2 is 1.92 bits per heavy atom. The lowest BCUT2D eigenvalue weighted by Gasteiger charge is -2.04. The van der Waals surface area contributed by atoms with Gasteiger partial charge in [0.1, 0.15) is 0 Å². The van der Waals surface area contributed by atoms with Crippen LogP contribution in [0.1, 0.15) is 52.9 Å². The number of rotatable bonds is 7. The second-order valence-corrected chi connectivity index (χ2v) is 3.15. The fourth-order valence-electron chi connectivity index (χ4n) is 1.15. The lowest BCUT2D eigenvalue weighted by Crippen LogP contribution is -1.86. The van der Waals surface area contributed by atoms with E-state index in [0.29, 0.717) is 0 Å². The van der Waals surface area contributed by atoms with E-state index in [0.717, 1.165) is 12.2 Å². The normalized spacial score (nSPS) is 12.4. The van der Waals surface area contributed by atoms with Crippen LogP contribution in [0.5, 0.6) is 0 Å². The third-order valence-corrected chi connectivity index (χ3v) is 1.95. The lowest BCUT2D eigenvalue weighted by atomic mass is 10.1. The predicted octanol–water partition coefficient (Wildman–Crippen LogP) is 4.41. The van der Waals surface area contributed by atoms with E-state index < -0.39 is 0 Å². The van der Waals surface area contributed by atoms with E-state index >= 15 is 0 Å². The largest absolute Gasteiger partial charge is 0.470 e. The first kappa shape index (κ1) is 12.3. The smallest absolute Gasteiger partial charge is 0.0989 e. The molecule has 0 aliphatic carbocycles. The van der Waals surface area contributed by atoms with E-state index in [9.17, 15) is 0 Å². The maximum Gasteiger partial charge on any atom is 0.0989 e. The molecule has 1 heteroatoms. The second kappa shape index (κ2) is 9.37. The molecule has 0 atom stereocenters. The molecule has 1 nitrogen and oxygen atoms in total. The maximum atomic E-state index is 5.40. The first-order valence-electron chi connectivity index (χ1n) is 5.28. The molecule has 0 amide bonds. The molecule has 0 aromatic rings. The van der Waals surface area contributed by atoms with Crippen molar-refractivity contribution in [3.05, 3.63) is 24.2 Å². The Hall–Kier alpha value is -0.720. The van der Waals surface area contributed by atoms with Crippen LogP contribution in [-0.2, 0) is 4.74 Å². The molecule has 0 spiro atoms. The Morgan fingerprint density at radius 1 is 1.15 bits per heavy atom. The molecule has 76 valence electrons. The number of allylic oxidation sites excluding steroid dienone is 3. The first-order valence-corrected chi connectivity index (χ1v) is 5.28. The summed E-state index contributed by atoms with van der Waals surface area (Å²) in [6, 6.07) is 0. The van der Waals surface area contributed by atoms with Crippen LogP contribution in [0, 0.1) is 0 Å². The topological polar surface area (TPSA) is 9.23 Å². The molecular formula is C12H22O. The molecule has 0 heterocycles. The van der Waals surface area contributed by atoms with Gasteiger partial charge >= 0.3 is 0 Å². The molecule has 13 heavy (non-hydrogen) atoms. The van der Waals surface area contributed by atoms with Crippen LogP contribution >= 0.6 is 0 Å². The monoisotopic (exact) mass is 182 g/mol. The summed E-state index contributed by atoms with van der Waals surface area (Å²) in [6.45, 7) is 6.22. The molecule has 0 saturated heterocycles. The summed E-state index contributed by atoms with van der Waals surface area (Å²) >= 11 is 0. The Labute approximate surface area is 82.5 Å². The van der Waals surface area contributed by atoms with Gasteiger partial charge in [-0.3, -0.25) is 0 Å². The van der Waals surface area contributed by atoms with Gasteiger partial charge in [-0.05, 0) is 26.3 Å². The van der Waals surface area contributed by atoms with Gasteiger partial charge in [0.25, 0.3) is 0 Å². The minimum Gasteiger partial charge on any atom is -0.470 e. The molecule has 0 aromatic heterocycles. The van der Waals surface area contributed by atoms with Crippen molar-refractivity contribution in [2.24, 2.45) is 0 Å². The third kappa shape index (κ3) is 7.63. The van der Waals surface area contributed by atoms with Gasteiger partial charge in [-0.1, -0.05) is 32.3 Å². The van der Waals surface area contributed by atoms with Gasteiger partial charge in [-0.25, -0.2) is 0 Å². The van der Waals surface area contributed by atoms with Gasteiger partial charge in [0.15, 0.2) is 0 Å². The Balaban J connectivity index is 3.49. The Bertz CT molecular complexity index is 157. The molecule has 0 aromatic carbocycles. The highest BCUT2D eigenvalue weighted by atomic mass is 16.5. The highest BCUT2D eigenvalue weighted by Gasteiger charge is 1.94. The minimum absolute atomic E-state index is 1.07. The number of unbranched alkanes of at least 4 members (excludes halogenated alkanes) is 3. The first-order chi connectivity index (χ1) is 6.35.